The fourth-order valence-corrected chi connectivity index (χ4v) is 2.38. The molecule has 1 atom stereocenters. The van der Waals surface area contributed by atoms with Crippen molar-refractivity contribution in [3.8, 4) is 0 Å². The van der Waals surface area contributed by atoms with Crippen LogP contribution in [-0.2, 0) is 0 Å². The number of pyridine rings is 1. The maximum absolute atomic E-state index is 12.7. The van der Waals surface area contributed by atoms with Crippen molar-refractivity contribution in [2.45, 2.75) is 26.3 Å². The van der Waals surface area contributed by atoms with Gasteiger partial charge in [-0.3, -0.25) is 20.0 Å². The van der Waals surface area contributed by atoms with Gasteiger partial charge in [0.15, 0.2) is 0 Å². The SMILES string of the molecule is CCC(C)N(NC(=O)c1ccncc1)C(=O)c1cccc(Br)c1. The zero-order valence-electron chi connectivity index (χ0n) is 13.0. The van der Waals surface area contributed by atoms with E-state index in [1.54, 1.807) is 42.7 Å². The Balaban J connectivity index is 2.23. The molecule has 0 fully saturated rings. The number of benzene rings is 1. The Bertz CT molecular complexity index is 691. The van der Waals surface area contributed by atoms with Crippen LogP contribution in [0.5, 0.6) is 0 Å². The van der Waals surface area contributed by atoms with Gasteiger partial charge in [-0.1, -0.05) is 28.9 Å². The molecule has 1 N–H and O–H groups in total. The predicted molar refractivity (Wildman–Crippen MR) is 91.8 cm³/mol. The number of halogens is 1. The van der Waals surface area contributed by atoms with Crippen LogP contribution in [0.15, 0.2) is 53.3 Å². The van der Waals surface area contributed by atoms with Gasteiger partial charge in [0.25, 0.3) is 11.8 Å². The zero-order chi connectivity index (χ0) is 16.8. The Kier molecular flexibility index (Phi) is 5.87. The van der Waals surface area contributed by atoms with Gasteiger partial charge in [-0.15, -0.1) is 0 Å². The lowest BCUT2D eigenvalue weighted by molar-refractivity contribution is 0.0494. The number of nitrogens with zero attached hydrogens (tertiary/aromatic N) is 2. The highest BCUT2D eigenvalue weighted by Crippen LogP contribution is 2.15. The molecule has 6 heteroatoms. The van der Waals surface area contributed by atoms with Gasteiger partial charge in [-0.2, -0.15) is 0 Å². The van der Waals surface area contributed by atoms with E-state index in [0.29, 0.717) is 11.1 Å². The quantitative estimate of drug-likeness (QED) is 0.832. The van der Waals surface area contributed by atoms with E-state index in [1.807, 2.05) is 19.9 Å². The van der Waals surface area contributed by atoms with E-state index in [1.165, 1.54) is 5.01 Å². The third-order valence-corrected chi connectivity index (χ3v) is 3.98. The summed E-state index contributed by atoms with van der Waals surface area (Å²) in [6.45, 7) is 3.85. The first kappa shape index (κ1) is 17.1. The second-order valence-electron chi connectivity index (χ2n) is 5.12. The molecule has 1 heterocycles. The molecule has 2 rings (SSSR count). The molecule has 2 aromatic rings. The van der Waals surface area contributed by atoms with Crippen molar-refractivity contribution < 1.29 is 9.59 Å². The molecular weight excluding hydrogens is 358 g/mol. The normalized spacial score (nSPS) is 11.6. The minimum absolute atomic E-state index is 0.132. The lowest BCUT2D eigenvalue weighted by Crippen LogP contribution is -2.50. The highest BCUT2D eigenvalue weighted by atomic mass is 79.9. The summed E-state index contributed by atoms with van der Waals surface area (Å²) in [5.74, 6) is -0.584. The van der Waals surface area contributed by atoms with Crippen molar-refractivity contribution in [3.05, 3.63) is 64.4 Å². The molecule has 0 aliphatic heterocycles. The number of aromatic nitrogens is 1. The van der Waals surface area contributed by atoms with Crippen molar-refractivity contribution in [2.75, 3.05) is 0 Å². The van der Waals surface area contributed by atoms with Gasteiger partial charge in [0, 0.05) is 28.0 Å². The third kappa shape index (κ3) is 4.39. The molecule has 23 heavy (non-hydrogen) atoms. The van der Waals surface area contributed by atoms with Gasteiger partial charge in [-0.25, -0.2) is 5.01 Å². The summed E-state index contributed by atoms with van der Waals surface area (Å²) in [5.41, 5.74) is 3.67. The van der Waals surface area contributed by atoms with Crippen LogP contribution in [0.2, 0.25) is 0 Å². The van der Waals surface area contributed by atoms with E-state index in [-0.39, 0.29) is 17.9 Å². The van der Waals surface area contributed by atoms with Crippen LogP contribution in [0.3, 0.4) is 0 Å². The first-order chi connectivity index (χ1) is 11.0. The predicted octanol–water partition coefficient (Wildman–Crippen LogP) is 3.43. The van der Waals surface area contributed by atoms with Gasteiger partial charge in [0.1, 0.15) is 0 Å². The molecule has 5 nitrogen and oxygen atoms in total. The van der Waals surface area contributed by atoms with Gasteiger partial charge in [0.2, 0.25) is 0 Å². The van der Waals surface area contributed by atoms with Gasteiger partial charge in [-0.05, 0) is 43.7 Å². The second-order valence-corrected chi connectivity index (χ2v) is 6.04. The van der Waals surface area contributed by atoms with Crippen LogP contribution in [-0.4, -0.2) is 27.8 Å². The molecule has 2 amide bonds. The first-order valence-electron chi connectivity index (χ1n) is 7.33. The van der Waals surface area contributed by atoms with E-state index < -0.39 is 0 Å². The zero-order valence-corrected chi connectivity index (χ0v) is 14.6. The minimum atomic E-state index is -0.337. The Hall–Kier alpha value is -2.21. The fourth-order valence-electron chi connectivity index (χ4n) is 1.98. The Morgan fingerprint density at radius 1 is 1.22 bits per heavy atom. The number of hydrazine groups is 1. The number of carbonyl (C=O) groups is 2. The smallest absolute Gasteiger partial charge is 0.267 e. The largest absolute Gasteiger partial charge is 0.272 e. The number of nitrogens with one attached hydrogen (secondary N) is 1. The molecule has 0 bridgehead atoms. The molecule has 0 aliphatic rings. The summed E-state index contributed by atoms with van der Waals surface area (Å²) < 4.78 is 0.813. The lowest BCUT2D eigenvalue weighted by atomic mass is 10.1. The summed E-state index contributed by atoms with van der Waals surface area (Å²) in [6, 6.07) is 10.2. The van der Waals surface area contributed by atoms with Crippen molar-refractivity contribution >= 4 is 27.7 Å². The van der Waals surface area contributed by atoms with Crippen molar-refractivity contribution in [1.29, 1.82) is 0 Å². The van der Waals surface area contributed by atoms with Crippen LogP contribution in [0.4, 0.5) is 0 Å². The standard InChI is InChI=1S/C17H18BrN3O2/c1-3-12(2)21(17(23)14-5-4-6-15(18)11-14)20-16(22)13-7-9-19-10-8-13/h4-12H,3H2,1-2H3,(H,20,22). The average molecular weight is 376 g/mol. The van der Waals surface area contributed by atoms with Gasteiger partial charge >= 0.3 is 0 Å². The number of hydrogen-bond donors (Lipinski definition) is 1. The summed E-state index contributed by atoms with van der Waals surface area (Å²) in [4.78, 5) is 29.0. The summed E-state index contributed by atoms with van der Waals surface area (Å²) >= 11 is 3.36. The molecule has 1 unspecified atom stereocenters. The molecule has 1 aromatic heterocycles. The molecule has 120 valence electrons. The van der Waals surface area contributed by atoms with Crippen LogP contribution < -0.4 is 5.43 Å². The Morgan fingerprint density at radius 3 is 2.52 bits per heavy atom. The molecule has 0 spiro atoms. The van der Waals surface area contributed by atoms with Gasteiger partial charge < -0.3 is 0 Å². The number of amides is 2. The van der Waals surface area contributed by atoms with E-state index in [2.05, 4.69) is 26.3 Å². The first-order valence-corrected chi connectivity index (χ1v) is 8.12. The van der Waals surface area contributed by atoms with Crippen LogP contribution in [0.25, 0.3) is 0 Å². The van der Waals surface area contributed by atoms with Crippen LogP contribution in [0.1, 0.15) is 41.0 Å². The van der Waals surface area contributed by atoms with Crippen molar-refractivity contribution in [3.63, 3.8) is 0 Å². The monoisotopic (exact) mass is 375 g/mol. The molecule has 0 saturated heterocycles. The molecule has 1 aromatic carbocycles. The van der Waals surface area contributed by atoms with Crippen molar-refractivity contribution in [1.82, 2.24) is 15.4 Å². The van der Waals surface area contributed by atoms with E-state index >= 15 is 0 Å². The number of carbonyl (C=O) groups excluding carboxylic acids is 2. The van der Waals surface area contributed by atoms with Crippen molar-refractivity contribution in [2.24, 2.45) is 0 Å². The Morgan fingerprint density at radius 2 is 1.91 bits per heavy atom. The molecular formula is C17H18BrN3O2. The van der Waals surface area contributed by atoms with E-state index in [0.717, 1.165) is 10.9 Å². The second kappa shape index (κ2) is 7.87. The topological polar surface area (TPSA) is 62.3 Å². The fraction of sp³-hybridized carbons (Fsp3) is 0.235. The number of hydrogen-bond acceptors (Lipinski definition) is 3. The third-order valence-electron chi connectivity index (χ3n) is 3.49. The average Bonchev–Trinajstić information content (AvgIpc) is 2.59. The highest BCUT2D eigenvalue weighted by molar-refractivity contribution is 9.10. The molecule has 0 aliphatic carbocycles. The highest BCUT2D eigenvalue weighted by Gasteiger charge is 2.23. The minimum Gasteiger partial charge on any atom is -0.267 e. The molecule has 0 saturated carbocycles. The van der Waals surface area contributed by atoms with Gasteiger partial charge in [0.05, 0.1) is 6.04 Å². The van der Waals surface area contributed by atoms with E-state index in [4.69, 9.17) is 0 Å². The summed E-state index contributed by atoms with van der Waals surface area (Å²) in [5, 5.41) is 1.38. The summed E-state index contributed by atoms with van der Waals surface area (Å²) in [6.07, 6.45) is 3.80. The van der Waals surface area contributed by atoms with Crippen LogP contribution >= 0.6 is 15.9 Å². The van der Waals surface area contributed by atoms with E-state index in [9.17, 15) is 9.59 Å². The number of rotatable bonds is 4. The lowest BCUT2D eigenvalue weighted by Gasteiger charge is -2.29. The summed E-state index contributed by atoms with van der Waals surface area (Å²) in [7, 11) is 0. The Labute approximate surface area is 143 Å². The maximum atomic E-state index is 12.7. The molecule has 0 radical (unpaired) electrons. The van der Waals surface area contributed by atoms with Crippen LogP contribution in [0, 0.1) is 0 Å². The maximum Gasteiger partial charge on any atom is 0.272 e.